The molecule has 8 heteroatoms. The molecule has 0 amide bonds. The van der Waals surface area contributed by atoms with E-state index >= 15 is 0 Å². The Kier molecular flexibility index (Phi) is 7.26. The summed E-state index contributed by atoms with van der Waals surface area (Å²) in [5.41, 5.74) is 5.37. The van der Waals surface area contributed by atoms with Crippen LogP contribution in [0.5, 0.6) is 0 Å². The summed E-state index contributed by atoms with van der Waals surface area (Å²) in [5.74, 6) is 0.357. The van der Waals surface area contributed by atoms with Crippen molar-refractivity contribution in [2.75, 3.05) is 10.8 Å². The van der Waals surface area contributed by atoms with E-state index in [0.717, 1.165) is 22.5 Å². The molecule has 0 spiro atoms. The maximum absolute atomic E-state index is 14.0. The summed E-state index contributed by atoms with van der Waals surface area (Å²) in [6.07, 6.45) is 6.74. The summed E-state index contributed by atoms with van der Waals surface area (Å²) in [7, 11) is -3.82. The lowest BCUT2D eigenvalue weighted by Gasteiger charge is -2.23. The Balaban J connectivity index is 1.78. The van der Waals surface area contributed by atoms with Gasteiger partial charge in [0.1, 0.15) is 11.9 Å². The second-order valence-electron chi connectivity index (χ2n) is 8.84. The van der Waals surface area contributed by atoms with E-state index in [2.05, 4.69) is 11.6 Å². The monoisotopic (exact) mass is 506 g/mol. The lowest BCUT2D eigenvalue weighted by molar-refractivity contribution is 0.379. The first-order valence-electron chi connectivity index (χ1n) is 12.0. The first kappa shape index (κ1) is 25.6. The van der Waals surface area contributed by atoms with Crippen LogP contribution < -0.4 is 4.31 Å². The van der Waals surface area contributed by atoms with Crippen molar-refractivity contribution in [3.8, 4) is 11.3 Å². The van der Waals surface area contributed by atoms with E-state index in [0.29, 0.717) is 35.5 Å². The molecule has 1 atom stereocenters. The van der Waals surface area contributed by atoms with Gasteiger partial charge in [0.05, 0.1) is 10.6 Å². The van der Waals surface area contributed by atoms with Crippen LogP contribution in [0.3, 0.4) is 0 Å². The van der Waals surface area contributed by atoms with Crippen molar-refractivity contribution in [2.45, 2.75) is 51.6 Å². The molecular formula is C28H31FN4O2S. The Morgan fingerprint density at radius 2 is 1.92 bits per heavy atom. The van der Waals surface area contributed by atoms with Gasteiger partial charge < -0.3 is 0 Å². The minimum absolute atomic E-state index is 0.228. The first-order valence-corrected chi connectivity index (χ1v) is 13.4. The van der Waals surface area contributed by atoms with E-state index in [1.165, 1.54) is 4.31 Å². The fourth-order valence-corrected chi connectivity index (χ4v) is 5.76. The fourth-order valence-electron chi connectivity index (χ4n) is 4.32. The van der Waals surface area contributed by atoms with E-state index in [-0.39, 0.29) is 11.4 Å². The molecule has 0 aliphatic carbocycles. The first-order chi connectivity index (χ1) is 17.2. The highest BCUT2D eigenvalue weighted by atomic mass is 32.2. The molecule has 1 aliphatic heterocycles. The third-order valence-electron chi connectivity index (χ3n) is 6.46. The molecule has 188 valence electrons. The van der Waals surface area contributed by atoms with Crippen LogP contribution in [0.15, 0.2) is 77.9 Å². The molecule has 3 aromatic rings. The zero-order chi connectivity index (χ0) is 26.0. The zero-order valence-corrected chi connectivity index (χ0v) is 21.9. The third-order valence-corrected chi connectivity index (χ3v) is 8.27. The highest BCUT2D eigenvalue weighted by Crippen LogP contribution is 2.38. The van der Waals surface area contributed by atoms with Crippen molar-refractivity contribution >= 4 is 21.5 Å². The highest BCUT2D eigenvalue weighted by molar-refractivity contribution is 7.92. The summed E-state index contributed by atoms with van der Waals surface area (Å²) >= 11 is 0. The molecule has 0 fully saturated rings. The Morgan fingerprint density at radius 3 is 2.58 bits per heavy atom. The number of halogens is 1. The molecule has 1 aliphatic rings. The van der Waals surface area contributed by atoms with Gasteiger partial charge in [-0.2, -0.15) is 5.10 Å². The van der Waals surface area contributed by atoms with Crippen molar-refractivity contribution in [3.05, 3.63) is 89.8 Å². The van der Waals surface area contributed by atoms with Gasteiger partial charge in [0.2, 0.25) is 0 Å². The molecule has 0 saturated heterocycles. The zero-order valence-electron chi connectivity index (χ0n) is 21.1. The minimum Gasteiger partial charge on any atom is -0.249 e. The molecule has 6 nitrogen and oxygen atoms in total. The maximum atomic E-state index is 14.0. The van der Waals surface area contributed by atoms with Gasteiger partial charge in [-0.3, -0.25) is 0 Å². The molecule has 0 radical (unpaired) electrons. The summed E-state index contributed by atoms with van der Waals surface area (Å²) in [4.78, 5) is 4.70. The van der Waals surface area contributed by atoms with E-state index in [1.54, 1.807) is 49.5 Å². The van der Waals surface area contributed by atoms with Crippen molar-refractivity contribution in [3.63, 3.8) is 0 Å². The van der Waals surface area contributed by atoms with Crippen LogP contribution in [0.1, 0.15) is 37.1 Å². The number of hydrogen-bond donors (Lipinski definition) is 0. The van der Waals surface area contributed by atoms with Gasteiger partial charge in [-0.15, -0.1) is 0 Å². The summed E-state index contributed by atoms with van der Waals surface area (Å²) in [6, 6.07) is 10.5. The van der Waals surface area contributed by atoms with Crippen LogP contribution in [0.2, 0.25) is 0 Å². The summed E-state index contributed by atoms with van der Waals surface area (Å²) in [6.45, 7) is 11.6. The van der Waals surface area contributed by atoms with E-state index in [1.807, 2.05) is 43.7 Å². The van der Waals surface area contributed by atoms with E-state index in [4.69, 9.17) is 5.10 Å². The number of alkyl halides is 1. The number of allylic oxidation sites excluding steroid dienone is 5. The van der Waals surface area contributed by atoms with Gasteiger partial charge in [-0.05, 0) is 69.5 Å². The molecule has 3 heterocycles. The Labute approximate surface area is 212 Å². The van der Waals surface area contributed by atoms with E-state index < -0.39 is 16.2 Å². The second-order valence-corrected chi connectivity index (χ2v) is 10.7. The van der Waals surface area contributed by atoms with Crippen molar-refractivity contribution < 1.29 is 12.8 Å². The molecule has 36 heavy (non-hydrogen) atoms. The predicted octanol–water partition coefficient (Wildman–Crippen LogP) is 6.03. The number of rotatable bonds is 7. The van der Waals surface area contributed by atoms with Gasteiger partial charge >= 0.3 is 0 Å². The third kappa shape index (κ3) is 4.65. The van der Waals surface area contributed by atoms with Gasteiger partial charge in [0, 0.05) is 29.6 Å². The average molecular weight is 507 g/mol. The molecular weight excluding hydrogens is 475 g/mol. The lowest BCUT2D eigenvalue weighted by Crippen LogP contribution is -2.33. The predicted molar refractivity (Wildman–Crippen MR) is 143 cm³/mol. The van der Waals surface area contributed by atoms with Gasteiger partial charge in [-0.1, -0.05) is 43.4 Å². The molecule has 1 unspecified atom stereocenters. The fraction of sp³-hybridized carbons (Fsp3) is 0.286. The standard InChI is InChI=1S/C28H31FN4O2S/c1-6-22(13-12-20(4)26(29)7-2)33-21(5)24-16-18-32(28-25(27(24)31-33)9-8-17-30-28)36(34,35)23-14-10-19(3)11-15-23/h6,8-15,17,26H,4,7,16,18H2,1-3,5H3. The second kappa shape index (κ2) is 10.2. The Morgan fingerprint density at radius 1 is 1.19 bits per heavy atom. The number of pyridine rings is 1. The summed E-state index contributed by atoms with van der Waals surface area (Å²) < 4.78 is 44.4. The normalized spacial score (nSPS) is 14.9. The molecule has 1 aromatic carbocycles. The van der Waals surface area contributed by atoms with Crippen LogP contribution in [-0.2, 0) is 16.4 Å². The number of benzene rings is 1. The topological polar surface area (TPSA) is 68.1 Å². The number of aryl methyl sites for hydroxylation is 1. The highest BCUT2D eigenvalue weighted by Gasteiger charge is 2.33. The largest absolute Gasteiger partial charge is 0.265 e. The van der Waals surface area contributed by atoms with Crippen LogP contribution in [0.4, 0.5) is 10.2 Å². The Hall–Kier alpha value is -3.52. The number of hydrogen-bond acceptors (Lipinski definition) is 4. The van der Waals surface area contributed by atoms with Crippen LogP contribution in [0, 0.1) is 13.8 Å². The van der Waals surface area contributed by atoms with Crippen LogP contribution in [0.25, 0.3) is 17.0 Å². The molecule has 0 saturated carbocycles. The average Bonchev–Trinajstić information content (AvgIpc) is 3.09. The minimum atomic E-state index is -3.82. The van der Waals surface area contributed by atoms with Gasteiger partial charge in [-0.25, -0.2) is 26.8 Å². The smallest absolute Gasteiger partial charge is 0.249 e. The maximum Gasteiger partial charge on any atom is 0.265 e. The quantitative estimate of drug-likeness (QED) is 0.367. The molecule has 2 aromatic heterocycles. The number of anilines is 1. The van der Waals surface area contributed by atoms with Crippen molar-refractivity contribution in [1.29, 1.82) is 0 Å². The molecule has 0 bridgehead atoms. The van der Waals surface area contributed by atoms with Crippen molar-refractivity contribution in [1.82, 2.24) is 14.8 Å². The Bertz CT molecular complexity index is 1450. The summed E-state index contributed by atoms with van der Waals surface area (Å²) in [5, 5.41) is 4.88. The van der Waals surface area contributed by atoms with Gasteiger partial charge in [0.15, 0.2) is 5.82 Å². The lowest BCUT2D eigenvalue weighted by atomic mass is 10.1. The number of nitrogens with zero attached hydrogens (tertiary/aromatic N) is 4. The van der Waals surface area contributed by atoms with Crippen LogP contribution in [-0.4, -0.2) is 35.9 Å². The van der Waals surface area contributed by atoms with Crippen molar-refractivity contribution in [2.24, 2.45) is 0 Å². The van der Waals surface area contributed by atoms with Crippen LogP contribution >= 0.6 is 0 Å². The van der Waals surface area contributed by atoms with Gasteiger partial charge in [0.25, 0.3) is 10.0 Å². The van der Waals surface area contributed by atoms with E-state index in [9.17, 15) is 12.8 Å². The molecule has 0 N–H and O–H groups in total. The molecule has 4 rings (SSSR count). The number of aromatic nitrogens is 3. The SMILES string of the molecule is C=C(C=CC(=CC)n1nc2c(c1C)CCN(S(=O)(=O)c1ccc(C)cc1)c1ncccc1-2)C(F)CC. The number of fused-ring (bicyclic) bond motifs is 3. The number of sulfonamides is 1.